The van der Waals surface area contributed by atoms with Crippen LogP contribution in [-0.2, 0) is 4.57 Å². The molecular formula is C2H7FNO3P. The molecule has 0 rings (SSSR count). The molecule has 0 aliphatic heterocycles. The van der Waals surface area contributed by atoms with Gasteiger partial charge in [0.2, 0.25) is 0 Å². The van der Waals surface area contributed by atoms with Crippen molar-refractivity contribution < 1.29 is 18.7 Å². The van der Waals surface area contributed by atoms with Crippen LogP contribution in [0.5, 0.6) is 0 Å². The first kappa shape index (κ1) is 8.04. The molecule has 1 unspecified atom stereocenters. The van der Waals surface area contributed by atoms with Gasteiger partial charge >= 0.3 is 7.60 Å². The van der Waals surface area contributed by atoms with Gasteiger partial charge in [-0.05, 0) is 0 Å². The molecule has 0 aromatic carbocycles. The summed E-state index contributed by atoms with van der Waals surface area (Å²) in [4.78, 5) is 16.1. The Labute approximate surface area is 45.7 Å². The number of halogens is 1. The van der Waals surface area contributed by atoms with E-state index < -0.39 is 20.1 Å². The fourth-order valence-electron chi connectivity index (χ4n) is 0.0899. The predicted molar refractivity (Wildman–Crippen MR) is 26.0 cm³/mol. The van der Waals surface area contributed by atoms with Gasteiger partial charge < -0.3 is 15.5 Å². The fourth-order valence-corrected chi connectivity index (χ4v) is 0.270. The maximum absolute atomic E-state index is 11.3. The molecule has 0 amide bonds. The second-order valence-corrected chi connectivity index (χ2v) is 3.15. The normalized spacial score (nSPS) is 16.0. The van der Waals surface area contributed by atoms with Gasteiger partial charge in [-0.1, -0.05) is 0 Å². The van der Waals surface area contributed by atoms with Crippen LogP contribution in [0.1, 0.15) is 0 Å². The van der Waals surface area contributed by atoms with Crippen LogP contribution in [0.3, 0.4) is 0 Å². The lowest BCUT2D eigenvalue weighted by molar-refractivity contribution is 0.341. The summed E-state index contributed by atoms with van der Waals surface area (Å²) in [7, 11) is -4.35. The van der Waals surface area contributed by atoms with Crippen LogP contribution >= 0.6 is 7.60 Å². The molecule has 0 aliphatic carbocycles. The van der Waals surface area contributed by atoms with Gasteiger partial charge in [0.25, 0.3) is 0 Å². The number of nitrogens with two attached hydrogens (primary N) is 1. The first-order valence-corrected chi connectivity index (χ1v) is 3.53. The molecule has 0 saturated carbocycles. The highest BCUT2D eigenvalue weighted by atomic mass is 31.2. The smallest absolute Gasteiger partial charge is 0.323 e. The van der Waals surface area contributed by atoms with Crippen LogP contribution in [0.15, 0.2) is 0 Å². The van der Waals surface area contributed by atoms with Crippen molar-refractivity contribution in [2.24, 2.45) is 5.73 Å². The van der Waals surface area contributed by atoms with Crippen molar-refractivity contribution in [3.05, 3.63) is 0 Å². The van der Waals surface area contributed by atoms with E-state index in [1.54, 1.807) is 0 Å². The molecule has 8 heavy (non-hydrogen) atoms. The molecule has 0 spiro atoms. The van der Waals surface area contributed by atoms with Crippen LogP contribution in [-0.4, -0.2) is 22.2 Å². The summed E-state index contributed by atoms with van der Waals surface area (Å²) in [5, 5.41) is 0. The third-order valence-electron chi connectivity index (χ3n) is 0.590. The second kappa shape index (κ2) is 2.55. The SMILES string of the molecule is NC(CF)P(=O)(O)O. The van der Waals surface area contributed by atoms with E-state index in [2.05, 4.69) is 5.73 Å². The molecule has 6 heteroatoms. The van der Waals surface area contributed by atoms with Crippen LogP contribution in [0, 0.1) is 0 Å². The number of hydrogen-bond donors (Lipinski definition) is 3. The Kier molecular flexibility index (Phi) is 2.56. The topological polar surface area (TPSA) is 83.6 Å². The average Bonchev–Trinajstić information content (AvgIpc) is 1.62. The fraction of sp³-hybridized carbons (Fsp3) is 1.00. The van der Waals surface area contributed by atoms with E-state index >= 15 is 0 Å². The van der Waals surface area contributed by atoms with Crippen molar-refractivity contribution in [3.63, 3.8) is 0 Å². The summed E-state index contributed by atoms with van der Waals surface area (Å²) < 4.78 is 21.2. The van der Waals surface area contributed by atoms with Crippen molar-refractivity contribution in [3.8, 4) is 0 Å². The molecule has 4 N–H and O–H groups in total. The molecule has 0 aromatic heterocycles. The molecule has 4 nitrogen and oxygen atoms in total. The van der Waals surface area contributed by atoms with Crippen molar-refractivity contribution in [2.75, 3.05) is 6.67 Å². The summed E-state index contributed by atoms with van der Waals surface area (Å²) in [6.45, 7) is -1.19. The average molecular weight is 143 g/mol. The van der Waals surface area contributed by atoms with Crippen LogP contribution in [0.2, 0.25) is 0 Å². The Morgan fingerprint density at radius 1 is 1.75 bits per heavy atom. The molecule has 1 atom stereocenters. The Hall–Kier alpha value is 0.0400. The van der Waals surface area contributed by atoms with Gasteiger partial charge in [0.1, 0.15) is 12.5 Å². The standard InChI is InChI=1S/C2H7FNO3P/c3-1-2(4)8(5,6)7/h2H,1,4H2,(H2,5,6,7). The lowest BCUT2D eigenvalue weighted by Crippen LogP contribution is -2.21. The van der Waals surface area contributed by atoms with E-state index in [4.69, 9.17) is 9.79 Å². The van der Waals surface area contributed by atoms with Crippen molar-refractivity contribution in [1.82, 2.24) is 0 Å². The van der Waals surface area contributed by atoms with Gasteiger partial charge in [0.05, 0.1) is 0 Å². The molecular weight excluding hydrogens is 136 g/mol. The highest BCUT2D eigenvalue weighted by Crippen LogP contribution is 2.37. The van der Waals surface area contributed by atoms with Crippen molar-refractivity contribution in [1.29, 1.82) is 0 Å². The molecule has 0 heterocycles. The molecule has 0 aliphatic rings. The predicted octanol–water partition coefficient (Wildman–Crippen LogP) is -0.582. The molecule has 0 radical (unpaired) electrons. The summed E-state index contributed by atoms with van der Waals surface area (Å²) in [6, 6.07) is 0. The first-order valence-electron chi connectivity index (χ1n) is 1.85. The highest BCUT2D eigenvalue weighted by Gasteiger charge is 2.23. The van der Waals surface area contributed by atoms with E-state index in [0.29, 0.717) is 0 Å². The van der Waals surface area contributed by atoms with Crippen molar-refractivity contribution in [2.45, 2.75) is 5.78 Å². The zero-order valence-electron chi connectivity index (χ0n) is 3.99. The maximum Gasteiger partial charge on any atom is 0.344 e. The Balaban J connectivity index is 3.82. The Morgan fingerprint density at radius 2 is 2.12 bits per heavy atom. The zero-order chi connectivity index (χ0) is 6.78. The quantitative estimate of drug-likeness (QED) is 0.451. The minimum Gasteiger partial charge on any atom is -0.323 e. The Bertz CT molecular complexity index is 112. The van der Waals surface area contributed by atoms with Gasteiger partial charge in [-0.25, -0.2) is 4.39 Å². The van der Waals surface area contributed by atoms with Gasteiger partial charge in [-0.15, -0.1) is 0 Å². The number of alkyl halides is 1. The lowest BCUT2D eigenvalue weighted by Gasteiger charge is -2.06. The van der Waals surface area contributed by atoms with E-state index in [1.807, 2.05) is 0 Å². The minimum absolute atomic E-state index is 1.19. The molecule has 50 valence electrons. The summed E-state index contributed by atoms with van der Waals surface area (Å²) in [5.41, 5.74) is 4.61. The monoisotopic (exact) mass is 143 g/mol. The van der Waals surface area contributed by atoms with E-state index in [9.17, 15) is 8.96 Å². The van der Waals surface area contributed by atoms with Crippen LogP contribution in [0.25, 0.3) is 0 Å². The third-order valence-corrected chi connectivity index (χ3v) is 1.59. The van der Waals surface area contributed by atoms with E-state index in [1.165, 1.54) is 0 Å². The van der Waals surface area contributed by atoms with E-state index in [0.717, 1.165) is 0 Å². The maximum atomic E-state index is 11.3. The Morgan fingerprint density at radius 3 is 2.12 bits per heavy atom. The van der Waals surface area contributed by atoms with E-state index in [-0.39, 0.29) is 0 Å². The first-order chi connectivity index (χ1) is 3.48. The molecule has 0 saturated heterocycles. The van der Waals surface area contributed by atoms with Gasteiger partial charge in [-0.2, -0.15) is 0 Å². The minimum atomic E-state index is -4.35. The van der Waals surface area contributed by atoms with Crippen LogP contribution in [0.4, 0.5) is 4.39 Å². The molecule has 0 aromatic rings. The third kappa shape index (κ3) is 2.37. The van der Waals surface area contributed by atoms with Gasteiger partial charge in [0.15, 0.2) is 0 Å². The van der Waals surface area contributed by atoms with Gasteiger partial charge in [-0.3, -0.25) is 4.57 Å². The van der Waals surface area contributed by atoms with Crippen molar-refractivity contribution >= 4 is 7.60 Å². The van der Waals surface area contributed by atoms with Crippen LogP contribution < -0.4 is 5.73 Å². The lowest BCUT2D eigenvalue weighted by atomic mass is 10.8. The largest absolute Gasteiger partial charge is 0.344 e. The second-order valence-electron chi connectivity index (χ2n) is 1.31. The summed E-state index contributed by atoms with van der Waals surface area (Å²) in [5.74, 6) is -1.65. The van der Waals surface area contributed by atoms with Gasteiger partial charge in [0, 0.05) is 0 Å². The highest BCUT2D eigenvalue weighted by molar-refractivity contribution is 7.52. The summed E-state index contributed by atoms with van der Waals surface area (Å²) in [6.07, 6.45) is 0. The number of rotatable bonds is 2. The summed E-state index contributed by atoms with van der Waals surface area (Å²) >= 11 is 0. The molecule has 0 bridgehead atoms. The number of hydrogen-bond acceptors (Lipinski definition) is 2. The zero-order valence-corrected chi connectivity index (χ0v) is 4.88. The molecule has 0 fully saturated rings.